The standard InChI is InChI=1S/C14H16ClN3O2/c1-3-20-14(19)11-7-17-18(8-11)13-5-4-10(9(2)16)6-12(13)15/h4-9H,3,16H2,1-2H3/t9-/m0/s1. The van der Waals surface area contributed by atoms with Gasteiger partial charge in [-0.15, -0.1) is 0 Å². The molecule has 0 saturated heterocycles. The highest BCUT2D eigenvalue weighted by Crippen LogP contribution is 2.24. The molecular weight excluding hydrogens is 278 g/mol. The number of carbonyl (C=O) groups excluding carboxylic acids is 1. The van der Waals surface area contributed by atoms with Crippen molar-refractivity contribution in [2.45, 2.75) is 19.9 Å². The van der Waals surface area contributed by atoms with Gasteiger partial charge in [-0.2, -0.15) is 5.10 Å². The van der Waals surface area contributed by atoms with E-state index in [1.807, 2.05) is 19.1 Å². The van der Waals surface area contributed by atoms with Gasteiger partial charge in [0.25, 0.3) is 0 Å². The summed E-state index contributed by atoms with van der Waals surface area (Å²) in [6.07, 6.45) is 3.04. The predicted molar refractivity (Wildman–Crippen MR) is 77.1 cm³/mol. The van der Waals surface area contributed by atoms with Crippen molar-refractivity contribution >= 4 is 17.6 Å². The van der Waals surface area contributed by atoms with Crippen molar-refractivity contribution in [2.24, 2.45) is 5.73 Å². The number of nitrogens with two attached hydrogens (primary N) is 1. The Hall–Kier alpha value is -1.85. The lowest BCUT2D eigenvalue weighted by atomic mass is 10.1. The summed E-state index contributed by atoms with van der Waals surface area (Å²) in [4.78, 5) is 11.6. The second kappa shape index (κ2) is 6.07. The Labute approximate surface area is 122 Å². The summed E-state index contributed by atoms with van der Waals surface area (Å²) in [7, 11) is 0. The molecule has 0 aliphatic rings. The molecule has 1 atom stereocenters. The molecule has 1 aromatic heterocycles. The van der Waals surface area contributed by atoms with Crippen LogP contribution in [0, 0.1) is 0 Å². The lowest BCUT2D eigenvalue weighted by molar-refractivity contribution is 0.0526. The molecule has 0 saturated carbocycles. The lowest BCUT2D eigenvalue weighted by Crippen LogP contribution is -2.06. The molecule has 2 rings (SSSR count). The highest BCUT2D eigenvalue weighted by atomic mass is 35.5. The zero-order chi connectivity index (χ0) is 14.7. The van der Waals surface area contributed by atoms with Crippen LogP contribution < -0.4 is 5.73 Å². The molecule has 0 fully saturated rings. The molecular formula is C14H16ClN3O2. The largest absolute Gasteiger partial charge is 0.462 e. The summed E-state index contributed by atoms with van der Waals surface area (Å²) in [5.74, 6) is -0.401. The van der Waals surface area contributed by atoms with E-state index in [1.165, 1.54) is 6.20 Å². The summed E-state index contributed by atoms with van der Waals surface area (Å²) >= 11 is 6.23. The fraction of sp³-hybridized carbons (Fsp3) is 0.286. The van der Waals surface area contributed by atoms with Crippen LogP contribution in [0.2, 0.25) is 5.02 Å². The molecule has 0 unspecified atom stereocenters. The van der Waals surface area contributed by atoms with E-state index in [4.69, 9.17) is 22.1 Å². The molecule has 0 aliphatic heterocycles. The molecule has 20 heavy (non-hydrogen) atoms. The minimum atomic E-state index is -0.401. The van der Waals surface area contributed by atoms with Gasteiger partial charge in [-0.05, 0) is 31.5 Å². The van der Waals surface area contributed by atoms with Gasteiger partial charge in [0.15, 0.2) is 0 Å². The van der Waals surface area contributed by atoms with E-state index in [0.717, 1.165) is 5.56 Å². The molecule has 5 nitrogen and oxygen atoms in total. The summed E-state index contributed by atoms with van der Waals surface area (Å²) in [6.45, 7) is 3.97. The van der Waals surface area contributed by atoms with Gasteiger partial charge < -0.3 is 10.5 Å². The Morgan fingerprint density at radius 1 is 1.55 bits per heavy atom. The molecule has 0 radical (unpaired) electrons. The highest BCUT2D eigenvalue weighted by Gasteiger charge is 2.12. The van der Waals surface area contributed by atoms with E-state index in [0.29, 0.717) is 22.9 Å². The molecule has 1 aromatic carbocycles. The molecule has 2 N–H and O–H groups in total. The van der Waals surface area contributed by atoms with Crippen LogP contribution in [0.1, 0.15) is 35.8 Å². The average molecular weight is 294 g/mol. The van der Waals surface area contributed by atoms with E-state index in [2.05, 4.69) is 5.10 Å². The fourth-order valence-corrected chi connectivity index (χ4v) is 2.04. The van der Waals surface area contributed by atoms with Crippen LogP contribution in [-0.4, -0.2) is 22.4 Å². The summed E-state index contributed by atoms with van der Waals surface area (Å²) < 4.78 is 6.46. The van der Waals surface area contributed by atoms with Crippen molar-refractivity contribution in [3.8, 4) is 5.69 Å². The van der Waals surface area contributed by atoms with Crippen molar-refractivity contribution in [1.29, 1.82) is 0 Å². The first-order valence-corrected chi connectivity index (χ1v) is 6.68. The minimum Gasteiger partial charge on any atom is -0.462 e. The topological polar surface area (TPSA) is 70.1 Å². The maximum Gasteiger partial charge on any atom is 0.341 e. The molecule has 106 valence electrons. The van der Waals surface area contributed by atoms with Crippen molar-refractivity contribution in [1.82, 2.24) is 9.78 Å². The number of hydrogen-bond donors (Lipinski definition) is 1. The number of nitrogens with zero attached hydrogens (tertiary/aromatic N) is 2. The molecule has 2 aromatic rings. The van der Waals surface area contributed by atoms with E-state index in [-0.39, 0.29) is 6.04 Å². The lowest BCUT2D eigenvalue weighted by Gasteiger charge is -2.09. The molecule has 6 heteroatoms. The number of carbonyl (C=O) groups is 1. The van der Waals surface area contributed by atoms with Gasteiger partial charge in [-0.3, -0.25) is 0 Å². The maximum absolute atomic E-state index is 11.6. The van der Waals surface area contributed by atoms with Crippen LogP contribution >= 0.6 is 11.6 Å². The smallest absolute Gasteiger partial charge is 0.341 e. The summed E-state index contributed by atoms with van der Waals surface area (Å²) in [6, 6.07) is 5.42. The number of benzene rings is 1. The van der Waals surface area contributed by atoms with Crippen LogP contribution in [0.3, 0.4) is 0 Å². The third-order valence-corrected chi connectivity index (χ3v) is 3.14. The van der Waals surface area contributed by atoms with Crippen LogP contribution in [0.15, 0.2) is 30.6 Å². The highest BCUT2D eigenvalue weighted by molar-refractivity contribution is 6.32. The zero-order valence-corrected chi connectivity index (χ0v) is 12.1. The van der Waals surface area contributed by atoms with Gasteiger partial charge in [0.1, 0.15) is 0 Å². The molecule has 0 spiro atoms. The zero-order valence-electron chi connectivity index (χ0n) is 11.3. The van der Waals surface area contributed by atoms with E-state index >= 15 is 0 Å². The first-order valence-electron chi connectivity index (χ1n) is 6.30. The Balaban J connectivity index is 2.30. The van der Waals surface area contributed by atoms with Gasteiger partial charge in [0.2, 0.25) is 0 Å². The summed E-state index contributed by atoms with van der Waals surface area (Å²) in [5, 5.41) is 4.65. The third kappa shape index (κ3) is 3.00. The van der Waals surface area contributed by atoms with Gasteiger partial charge in [-0.1, -0.05) is 17.7 Å². The SMILES string of the molecule is CCOC(=O)c1cnn(-c2ccc([C@H](C)N)cc2Cl)c1. The quantitative estimate of drug-likeness (QED) is 0.880. The molecule has 0 aliphatic carbocycles. The van der Waals surface area contributed by atoms with E-state index < -0.39 is 5.97 Å². The Morgan fingerprint density at radius 3 is 2.90 bits per heavy atom. The van der Waals surface area contributed by atoms with Crippen LogP contribution in [0.25, 0.3) is 5.69 Å². The Bertz CT molecular complexity index is 623. The van der Waals surface area contributed by atoms with Crippen molar-refractivity contribution < 1.29 is 9.53 Å². The van der Waals surface area contributed by atoms with Gasteiger partial charge in [0, 0.05) is 12.2 Å². The third-order valence-electron chi connectivity index (χ3n) is 2.84. The maximum atomic E-state index is 11.6. The number of halogens is 1. The Morgan fingerprint density at radius 2 is 2.30 bits per heavy atom. The number of rotatable bonds is 4. The van der Waals surface area contributed by atoms with Crippen LogP contribution in [0.4, 0.5) is 0 Å². The van der Waals surface area contributed by atoms with Crippen molar-refractivity contribution in [3.63, 3.8) is 0 Å². The van der Waals surface area contributed by atoms with Crippen molar-refractivity contribution in [3.05, 3.63) is 46.7 Å². The first kappa shape index (κ1) is 14.6. The van der Waals surface area contributed by atoms with Gasteiger partial charge >= 0.3 is 5.97 Å². The van der Waals surface area contributed by atoms with Gasteiger partial charge in [0.05, 0.1) is 29.1 Å². The van der Waals surface area contributed by atoms with E-state index in [9.17, 15) is 4.79 Å². The van der Waals surface area contributed by atoms with Crippen LogP contribution in [0.5, 0.6) is 0 Å². The predicted octanol–water partition coefficient (Wildman–Crippen LogP) is 2.72. The number of hydrogen-bond acceptors (Lipinski definition) is 4. The second-order valence-electron chi connectivity index (χ2n) is 4.39. The van der Waals surface area contributed by atoms with E-state index in [1.54, 1.807) is 23.9 Å². The fourth-order valence-electron chi connectivity index (χ4n) is 1.77. The van der Waals surface area contributed by atoms with Gasteiger partial charge in [-0.25, -0.2) is 9.48 Å². The normalized spacial score (nSPS) is 12.2. The first-order chi connectivity index (χ1) is 9.52. The number of esters is 1. The van der Waals surface area contributed by atoms with Crippen molar-refractivity contribution in [2.75, 3.05) is 6.61 Å². The molecule has 0 bridgehead atoms. The Kier molecular flexibility index (Phi) is 4.42. The monoisotopic (exact) mass is 293 g/mol. The van der Waals surface area contributed by atoms with Crippen LogP contribution in [-0.2, 0) is 4.74 Å². The average Bonchev–Trinajstić information content (AvgIpc) is 2.88. The number of ether oxygens (including phenoxy) is 1. The second-order valence-corrected chi connectivity index (χ2v) is 4.80. The summed E-state index contributed by atoms with van der Waals surface area (Å²) in [5.41, 5.74) is 7.82. The molecule has 1 heterocycles. The number of aromatic nitrogens is 2. The minimum absolute atomic E-state index is 0.0886. The molecule has 0 amide bonds.